The molecule has 8 heteroatoms. The second kappa shape index (κ2) is 7.94. The number of fused-ring (bicyclic) bond motifs is 1. The fourth-order valence-corrected chi connectivity index (χ4v) is 6.50. The Hall–Kier alpha value is -2.19. The molecule has 5 atom stereocenters. The molecule has 174 valence electrons. The van der Waals surface area contributed by atoms with Crippen molar-refractivity contribution in [1.29, 1.82) is 0 Å². The summed E-state index contributed by atoms with van der Waals surface area (Å²) in [7, 11) is 0. The maximum Gasteiger partial charge on any atom is 0.246 e. The Bertz CT molecular complexity index is 1020. The SMILES string of the molecule is O=C(Nc1ccc(Br)cc1)[C@H]1[C@H]2C=C[C@@]3(O2)[C@H]1C(=O)N(C1CC1)[C@@H]3C(=O)NC1CCCCC1. The van der Waals surface area contributed by atoms with Crippen molar-refractivity contribution in [2.45, 2.75) is 74.8 Å². The van der Waals surface area contributed by atoms with E-state index in [2.05, 4.69) is 26.6 Å². The number of nitrogens with one attached hydrogen (secondary N) is 2. The van der Waals surface area contributed by atoms with Crippen LogP contribution in [0.4, 0.5) is 5.69 Å². The monoisotopic (exact) mass is 513 g/mol. The van der Waals surface area contributed by atoms with Crippen LogP contribution in [-0.4, -0.2) is 52.5 Å². The van der Waals surface area contributed by atoms with Crippen molar-refractivity contribution < 1.29 is 19.1 Å². The number of nitrogens with zero attached hydrogens (tertiary/aromatic N) is 1. The lowest BCUT2D eigenvalue weighted by Gasteiger charge is -2.34. The Labute approximate surface area is 201 Å². The molecule has 33 heavy (non-hydrogen) atoms. The van der Waals surface area contributed by atoms with E-state index in [1.165, 1.54) is 6.42 Å². The number of carbonyl (C=O) groups excluding carboxylic acids is 3. The van der Waals surface area contributed by atoms with Gasteiger partial charge < -0.3 is 20.3 Å². The number of anilines is 1. The molecule has 3 heterocycles. The minimum Gasteiger partial charge on any atom is -0.359 e. The molecule has 2 saturated heterocycles. The largest absolute Gasteiger partial charge is 0.359 e. The van der Waals surface area contributed by atoms with Crippen molar-refractivity contribution in [2.24, 2.45) is 11.8 Å². The first-order chi connectivity index (χ1) is 16.0. The van der Waals surface area contributed by atoms with Gasteiger partial charge in [0.05, 0.1) is 17.9 Å². The van der Waals surface area contributed by atoms with E-state index >= 15 is 0 Å². The molecule has 6 rings (SSSR count). The van der Waals surface area contributed by atoms with Crippen molar-refractivity contribution in [3.05, 3.63) is 40.9 Å². The minimum absolute atomic E-state index is 0.0609. The summed E-state index contributed by atoms with van der Waals surface area (Å²) >= 11 is 3.40. The lowest BCUT2D eigenvalue weighted by atomic mass is 9.74. The van der Waals surface area contributed by atoms with Crippen LogP contribution >= 0.6 is 15.9 Å². The van der Waals surface area contributed by atoms with Crippen molar-refractivity contribution in [3.8, 4) is 0 Å². The van der Waals surface area contributed by atoms with E-state index in [0.717, 1.165) is 43.0 Å². The van der Waals surface area contributed by atoms with Gasteiger partial charge in [0.25, 0.3) is 0 Å². The number of hydrogen-bond donors (Lipinski definition) is 2. The molecule has 0 unspecified atom stereocenters. The summed E-state index contributed by atoms with van der Waals surface area (Å²) in [6.07, 6.45) is 10.4. The molecule has 4 fully saturated rings. The molecule has 1 aromatic carbocycles. The predicted octanol–water partition coefficient (Wildman–Crippen LogP) is 3.15. The van der Waals surface area contributed by atoms with Gasteiger partial charge in [-0.3, -0.25) is 14.4 Å². The number of amides is 3. The summed E-state index contributed by atoms with van der Waals surface area (Å²) in [5.41, 5.74) is -0.398. The van der Waals surface area contributed by atoms with Crippen LogP contribution in [0.1, 0.15) is 44.9 Å². The average molecular weight is 514 g/mol. The van der Waals surface area contributed by atoms with Crippen molar-refractivity contribution >= 4 is 39.3 Å². The number of rotatable bonds is 5. The van der Waals surface area contributed by atoms with Gasteiger partial charge in [0, 0.05) is 22.2 Å². The first kappa shape index (κ1) is 21.4. The smallest absolute Gasteiger partial charge is 0.246 e. The predicted molar refractivity (Wildman–Crippen MR) is 125 cm³/mol. The molecule has 3 amide bonds. The third-order valence-electron chi connectivity index (χ3n) is 7.87. The maximum absolute atomic E-state index is 13.7. The summed E-state index contributed by atoms with van der Waals surface area (Å²) < 4.78 is 7.29. The number of carbonyl (C=O) groups is 3. The van der Waals surface area contributed by atoms with Crippen LogP contribution in [0, 0.1) is 11.8 Å². The third kappa shape index (κ3) is 3.44. The third-order valence-corrected chi connectivity index (χ3v) is 8.40. The Morgan fingerprint density at radius 2 is 1.76 bits per heavy atom. The highest BCUT2D eigenvalue weighted by Gasteiger charge is 2.74. The summed E-state index contributed by atoms with van der Waals surface area (Å²) in [4.78, 5) is 42.4. The van der Waals surface area contributed by atoms with Gasteiger partial charge >= 0.3 is 0 Å². The normalized spacial score (nSPS) is 35.1. The van der Waals surface area contributed by atoms with Crippen molar-refractivity contribution in [3.63, 3.8) is 0 Å². The number of ether oxygens (including phenoxy) is 1. The van der Waals surface area contributed by atoms with Crippen LogP contribution < -0.4 is 10.6 Å². The summed E-state index contributed by atoms with van der Waals surface area (Å²) in [6, 6.07) is 6.84. The molecule has 3 aliphatic heterocycles. The lowest BCUT2D eigenvalue weighted by Crippen LogP contribution is -2.57. The number of halogens is 1. The molecule has 2 saturated carbocycles. The van der Waals surface area contributed by atoms with Crippen LogP contribution in [-0.2, 0) is 19.1 Å². The highest BCUT2D eigenvalue weighted by Crippen LogP contribution is 2.57. The molecule has 1 aromatic rings. The molecule has 2 bridgehead atoms. The topological polar surface area (TPSA) is 87.7 Å². The van der Waals surface area contributed by atoms with E-state index in [1.807, 2.05) is 36.4 Å². The molecule has 2 N–H and O–H groups in total. The molecule has 7 nitrogen and oxygen atoms in total. The van der Waals surface area contributed by atoms with Crippen LogP contribution in [0.2, 0.25) is 0 Å². The molecule has 1 spiro atoms. The van der Waals surface area contributed by atoms with Crippen LogP contribution in [0.15, 0.2) is 40.9 Å². The standard InChI is InChI=1S/C25H28BrN3O4/c26-14-6-8-16(9-7-14)27-22(30)19-18-12-13-25(33-18)20(19)24(32)29(17-10-11-17)21(25)23(31)28-15-4-2-1-3-5-15/h6-9,12-13,15,17-21H,1-5,10-11H2,(H,27,30)(H,28,31)/t18-,19+,20-,21-,25-/m1/s1. The quantitative estimate of drug-likeness (QED) is 0.592. The zero-order chi connectivity index (χ0) is 22.7. The maximum atomic E-state index is 13.7. The highest BCUT2D eigenvalue weighted by atomic mass is 79.9. The molecule has 2 aliphatic carbocycles. The van der Waals surface area contributed by atoms with E-state index in [9.17, 15) is 14.4 Å². The van der Waals surface area contributed by atoms with Gasteiger partial charge in [-0.15, -0.1) is 0 Å². The van der Waals surface area contributed by atoms with E-state index in [4.69, 9.17) is 4.74 Å². The first-order valence-electron chi connectivity index (χ1n) is 12.0. The van der Waals surface area contributed by atoms with Crippen LogP contribution in [0.5, 0.6) is 0 Å². The van der Waals surface area contributed by atoms with Crippen molar-refractivity contribution in [2.75, 3.05) is 5.32 Å². The number of benzene rings is 1. The second-order valence-corrected chi connectivity index (χ2v) is 10.9. The summed E-state index contributed by atoms with van der Waals surface area (Å²) in [5.74, 6) is -1.82. The molecular weight excluding hydrogens is 486 g/mol. The highest BCUT2D eigenvalue weighted by molar-refractivity contribution is 9.10. The fourth-order valence-electron chi connectivity index (χ4n) is 6.24. The first-order valence-corrected chi connectivity index (χ1v) is 12.8. The van der Waals surface area contributed by atoms with Crippen LogP contribution in [0.3, 0.4) is 0 Å². The number of likely N-dealkylation sites (tertiary alicyclic amines) is 1. The second-order valence-electron chi connectivity index (χ2n) is 10.0. The van der Waals surface area contributed by atoms with Gasteiger partial charge in [-0.1, -0.05) is 47.3 Å². The van der Waals surface area contributed by atoms with Gasteiger partial charge in [-0.05, 0) is 49.9 Å². The zero-order valence-corrected chi connectivity index (χ0v) is 19.9. The van der Waals surface area contributed by atoms with Crippen molar-refractivity contribution in [1.82, 2.24) is 10.2 Å². The number of hydrogen-bond acceptors (Lipinski definition) is 4. The molecule has 0 aromatic heterocycles. The lowest BCUT2D eigenvalue weighted by molar-refractivity contribution is -0.142. The Morgan fingerprint density at radius 3 is 2.45 bits per heavy atom. The fraction of sp³-hybridized carbons (Fsp3) is 0.560. The Morgan fingerprint density at radius 1 is 1.03 bits per heavy atom. The zero-order valence-electron chi connectivity index (χ0n) is 18.3. The van der Waals surface area contributed by atoms with Gasteiger partial charge in [0.1, 0.15) is 11.6 Å². The van der Waals surface area contributed by atoms with E-state index in [-0.39, 0.29) is 29.8 Å². The Balaban J connectivity index is 1.29. The average Bonchev–Trinajstić information content (AvgIpc) is 3.40. The summed E-state index contributed by atoms with van der Waals surface area (Å²) in [6.45, 7) is 0. The van der Waals surface area contributed by atoms with Gasteiger partial charge in [-0.2, -0.15) is 0 Å². The van der Waals surface area contributed by atoms with E-state index in [0.29, 0.717) is 5.69 Å². The van der Waals surface area contributed by atoms with E-state index in [1.54, 1.807) is 4.90 Å². The Kier molecular flexibility index (Phi) is 5.14. The molecular formula is C25H28BrN3O4. The molecule has 0 radical (unpaired) electrons. The summed E-state index contributed by atoms with van der Waals surface area (Å²) in [5, 5.41) is 6.17. The molecule has 5 aliphatic rings. The van der Waals surface area contributed by atoms with Gasteiger partial charge in [0.15, 0.2) is 0 Å². The minimum atomic E-state index is -1.06. The van der Waals surface area contributed by atoms with Crippen LogP contribution in [0.25, 0.3) is 0 Å². The van der Waals surface area contributed by atoms with Gasteiger partial charge in [-0.25, -0.2) is 0 Å². The van der Waals surface area contributed by atoms with E-state index < -0.39 is 29.6 Å². The van der Waals surface area contributed by atoms with Gasteiger partial charge in [0.2, 0.25) is 17.7 Å².